The van der Waals surface area contributed by atoms with Gasteiger partial charge in [-0.15, -0.1) is 0 Å². The zero-order valence-electron chi connectivity index (χ0n) is 11.0. The monoisotopic (exact) mass is 280 g/mol. The van der Waals surface area contributed by atoms with Crippen molar-refractivity contribution in [1.82, 2.24) is 0 Å². The lowest BCUT2D eigenvalue weighted by Gasteiger charge is -2.14. The van der Waals surface area contributed by atoms with E-state index in [1.165, 1.54) is 21.9 Å². The smallest absolute Gasteiger partial charge is 0.115 e. The highest BCUT2D eigenvalue weighted by Gasteiger charge is 2.10. The Bertz CT molecular complexity index is 714. The van der Waals surface area contributed by atoms with E-state index in [4.69, 9.17) is 12.6 Å². The molecule has 0 aliphatic rings. The van der Waals surface area contributed by atoms with Crippen LogP contribution in [-0.2, 0) is 6.42 Å². The number of hydrogen-bond acceptors (Lipinski definition) is 2. The summed E-state index contributed by atoms with van der Waals surface area (Å²) in [6.07, 6.45) is 0.845. The van der Waals surface area contributed by atoms with Crippen molar-refractivity contribution >= 4 is 23.4 Å². The van der Waals surface area contributed by atoms with Crippen LogP contribution >= 0.6 is 12.6 Å². The third-order valence-corrected chi connectivity index (χ3v) is 4.01. The molecule has 0 aromatic heterocycles. The first-order valence-corrected chi connectivity index (χ1v) is 7.19. The minimum Gasteiger partial charge on any atom is -0.508 e. The van der Waals surface area contributed by atoms with E-state index in [-0.39, 0.29) is 5.25 Å². The fourth-order valence-electron chi connectivity index (χ4n) is 2.51. The van der Waals surface area contributed by atoms with Crippen molar-refractivity contribution < 1.29 is 5.11 Å². The molecule has 1 N–H and O–H groups in total. The topological polar surface area (TPSA) is 20.2 Å². The molecule has 0 spiro atoms. The summed E-state index contributed by atoms with van der Waals surface area (Å²) >= 11 is 4.77. The van der Waals surface area contributed by atoms with E-state index >= 15 is 0 Å². The number of phenols is 1. The van der Waals surface area contributed by atoms with Gasteiger partial charge in [-0.05, 0) is 40.5 Å². The van der Waals surface area contributed by atoms with E-state index in [9.17, 15) is 5.11 Å². The highest BCUT2D eigenvalue weighted by Crippen LogP contribution is 2.31. The molecule has 0 heterocycles. The third kappa shape index (κ3) is 2.66. The Balaban J connectivity index is 1.92. The van der Waals surface area contributed by atoms with Gasteiger partial charge in [-0.1, -0.05) is 54.6 Å². The fraction of sp³-hybridized carbons (Fsp3) is 0.111. The molecule has 0 radical (unpaired) electrons. The Morgan fingerprint density at radius 1 is 0.850 bits per heavy atom. The van der Waals surface area contributed by atoms with Crippen LogP contribution in [0.25, 0.3) is 10.8 Å². The van der Waals surface area contributed by atoms with Crippen molar-refractivity contribution in [3.63, 3.8) is 0 Å². The quantitative estimate of drug-likeness (QED) is 0.663. The largest absolute Gasteiger partial charge is 0.508 e. The van der Waals surface area contributed by atoms with Crippen molar-refractivity contribution in [2.24, 2.45) is 0 Å². The normalized spacial score (nSPS) is 12.4. The molecule has 0 aliphatic carbocycles. The first-order valence-electron chi connectivity index (χ1n) is 6.68. The van der Waals surface area contributed by atoms with Gasteiger partial charge < -0.3 is 5.11 Å². The Labute approximate surface area is 124 Å². The van der Waals surface area contributed by atoms with Crippen LogP contribution in [0.5, 0.6) is 5.75 Å². The molecular weight excluding hydrogens is 264 g/mol. The minimum atomic E-state index is 0.144. The molecule has 1 nitrogen and oxygen atoms in total. The lowest BCUT2D eigenvalue weighted by Crippen LogP contribution is -1.97. The van der Waals surface area contributed by atoms with Crippen LogP contribution in [-0.4, -0.2) is 5.11 Å². The van der Waals surface area contributed by atoms with E-state index in [0.29, 0.717) is 5.75 Å². The fourth-order valence-corrected chi connectivity index (χ4v) is 2.94. The van der Waals surface area contributed by atoms with Crippen LogP contribution < -0.4 is 0 Å². The summed E-state index contributed by atoms with van der Waals surface area (Å²) in [4.78, 5) is 0. The third-order valence-electron chi connectivity index (χ3n) is 3.55. The molecule has 3 aromatic carbocycles. The number of hydrogen-bond donors (Lipinski definition) is 2. The van der Waals surface area contributed by atoms with E-state index in [1.807, 2.05) is 12.1 Å². The summed E-state index contributed by atoms with van der Waals surface area (Å²) in [7, 11) is 0. The molecule has 1 unspecified atom stereocenters. The van der Waals surface area contributed by atoms with Crippen LogP contribution in [0, 0.1) is 0 Å². The summed E-state index contributed by atoms with van der Waals surface area (Å²) in [5.74, 6) is 0.301. The van der Waals surface area contributed by atoms with Gasteiger partial charge in [0.1, 0.15) is 5.75 Å². The first-order chi connectivity index (χ1) is 9.74. The second-order valence-corrected chi connectivity index (χ2v) is 5.58. The van der Waals surface area contributed by atoms with Crippen molar-refractivity contribution in [3.8, 4) is 5.75 Å². The zero-order valence-corrected chi connectivity index (χ0v) is 11.9. The second kappa shape index (κ2) is 5.59. The average molecular weight is 280 g/mol. The average Bonchev–Trinajstić information content (AvgIpc) is 2.49. The summed E-state index contributed by atoms with van der Waals surface area (Å²) in [5, 5.41) is 12.0. The van der Waals surface area contributed by atoms with Crippen LogP contribution in [0.3, 0.4) is 0 Å². The Morgan fingerprint density at radius 3 is 2.35 bits per heavy atom. The van der Waals surface area contributed by atoms with Gasteiger partial charge in [-0.25, -0.2) is 0 Å². The van der Waals surface area contributed by atoms with Gasteiger partial charge in [0.25, 0.3) is 0 Å². The van der Waals surface area contributed by atoms with E-state index < -0.39 is 0 Å². The number of aromatic hydroxyl groups is 1. The number of phenolic OH excluding ortho intramolecular Hbond substituents is 1. The van der Waals surface area contributed by atoms with Gasteiger partial charge in [0, 0.05) is 5.25 Å². The first kappa shape index (κ1) is 13.1. The maximum absolute atomic E-state index is 9.33. The molecule has 0 fully saturated rings. The predicted molar refractivity (Wildman–Crippen MR) is 87.5 cm³/mol. The highest BCUT2D eigenvalue weighted by molar-refractivity contribution is 7.80. The lowest BCUT2D eigenvalue weighted by molar-refractivity contribution is 0.475. The molecule has 3 rings (SSSR count). The number of rotatable bonds is 3. The molecular formula is C18H16OS. The van der Waals surface area contributed by atoms with Gasteiger partial charge >= 0.3 is 0 Å². The zero-order chi connectivity index (χ0) is 13.9. The number of benzene rings is 3. The van der Waals surface area contributed by atoms with Crippen molar-refractivity contribution in [3.05, 3.63) is 77.9 Å². The van der Waals surface area contributed by atoms with Crippen molar-refractivity contribution in [1.29, 1.82) is 0 Å². The Kier molecular flexibility index (Phi) is 3.66. The van der Waals surface area contributed by atoms with Gasteiger partial charge in [-0.3, -0.25) is 0 Å². The van der Waals surface area contributed by atoms with Gasteiger partial charge in [0.05, 0.1) is 0 Å². The molecule has 0 saturated carbocycles. The molecule has 20 heavy (non-hydrogen) atoms. The Morgan fingerprint density at radius 2 is 1.55 bits per heavy atom. The molecule has 2 heteroatoms. The summed E-state index contributed by atoms with van der Waals surface area (Å²) in [5.41, 5.74) is 2.43. The standard InChI is InChI=1S/C18H16OS/c19-15-10-8-13(9-11-15)12-18(20)17-7-3-5-14-4-1-2-6-16(14)17/h1-11,18-20H,12H2. The lowest BCUT2D eigenvalue weighted by atomic mass is 9.98. The predicted octanol–water partition coefficient (Wildman–Crippen LogP) is 4.76. The molecule has 3 aromatic rings. The second-order valence-electron chi connectivity index (χ2n) is 4.95. The van der Waals surface area contributed by atoms with Crippen LogP contribution in [0.4, 0.5) is 0 Å². The van der Waals surface area contributed by atoms with Crippen LogP contribution in [0.15, 0.2) is 66.7 Å². The molecule has 100 valence electrons. The van der Waals surface area contributed by atoms with E-state index in [0.717, 1.165) is 6.42 Å². The SMILES string of the molecule is Oc1ccc(CC(S)c2cccc3ccccc23)cc1. The van der Waals surface area contributed by atoms with Gasteiger partial charge in [0.15, 0.2) is 0 Å². The maximum Gasteiger partial charge on any atom is 0.115 e. The summed E-state index contributed by atoms with van der Waals surface area (Å²) in [6.45, 7) is 0. The van der Waals surface area contributed by atoms with E-state index in [1.54, 1.807) is 12.1 Å². The number of thiol groups is 1. The van der Waals surface area contributed by atoms with Crippen molar-refractivity contribution in [2.45, 2.75) is 11.7 Å². The molecule has 0 saturated heterocycles. The van der Waals surface area contributed by atoms with Crippen LogP contribution in [0.2, 0.25) is 0 Å². The Hall–Kier alpha value is -1.93. The summed E-state index contributed by atoms with van der Waals surface area (Å²) in [6, 6.07) is 22.1. The minimum absolute atomic E-state index is 0.144. The van der Waals surface area contributed by atoms with Gasteiger partial charge in [-0.2, -0.15) is 12.6 Å². The highest BCUT2D eigenvalue weighted by atomic mass is 32.1. The molecule has 0 amide bonds. The van der Waals surface area contributed by atoms with Crippen molar-refractivity contribution in [2.75, 3.05) is 0 Å². The molecule has 0 bridgehead atoms. The molecule has 1 atom stereocenters. The summed E-state index contributed by atoms with van der Waals surface area (Å²) < 4.78 is 0. The maximum atomic E-state index is 9.33. The van der Waals surface area contributed by atoms with Crippen LogP contribution in [0.1, 0.15) is 16.4 Å². The molecule has 0 aliphatic heterocycles. The number of fused-ring (bicyclic) bond motifs is 1. The van der Waals surface area contributed by atoms with E-state index in [2.05, 4.69) is 42.5 Å². The van der Waals surface area contributed by atoms with Gasteiger partial charge in [0.2, 0.25) is 0 Å².